The third-order valence-corrected chi connectivity index (χ3v) is 5.99. The molecule has 1 aliphatic carbocycles. The molecule has 0 N–H and O–H groups in total. The first-order valence-electron chi connectivity index (χ1n) is 9.15. The number of carbonyl (C=O) groups is 1. The van der Waals surface area contributed by atoms with E-state index in [1.807, 2.05) is 17.9 Å². The van der Waals surface area contributed by atoms with Gasteiger partial charge in [-0.3, -0.25) is 4.79 Å². The van der Waals surface area contributed by atoms with Crippen molar-refractivity contribution in [3.63, 3.8) is 0 Å². The number of rotatable bonds is 6. The molecule has 6 heteroatoms. The van der Waals surface area contributed by atoms with Crippen molar-refractivity contribution in [3.8, 4) is 0 Å². The number of thioether (sulfide) groups is 1. The van der Waals surface area contributed by atoms with E-state index >= 15 is 0 Å². The Morgan fingerprint density at radius 3 is 2.60 bits per heavy atom. The van der Waals surface area contributed by atoms with Crippen LogP contribution in [0.4, 0.5) is 0 Å². The Kier molecular flexibility index (Phi) is 4.79. The molecule has 1 amide bonds. The summed E-state index contributed by atoms with van der Waals surface area (Å²) in [5.41, 5.74) is 1.24. The average molecular weight is 356 g/mol. The van der Waals surface area contributed by atoms with Crippen LogP contribution in [-0.4, -0.2) is 43.9 Å². The van der Waals surface area contributed by atoms with E-state index in [0.29, 0.717) is 5.92 Å². The average Bonchev–Trinajstić information content (AvgIpc) is 3.18. The van der Waals surface area contributed by atoms with Crippen molar-refractivity contribution in [3.05, 3.63) is 41.7 Å². The van der Waals surface area contributed by atoms with Crippen LogP contribution in [0.25, 0.3) is 0 Å². The largest absolute Gasteiger partial charge is 0.342 e. The predicted octanol–water partition coefficient (Wildman–Crippen LogP) is 3.31. The highest BCUT2D eigenvalue weighted by Crippen LogP contribution is 2.40. The Morgan fingerprint density at radius 2 is 1.92 bits per heavy atom. The van der Waals surface area contributed by atoms with Crippen LogP contribution in [0.2, 0.25) is 0 Å². The van der Waals surface area contributed by atoms with Crippen molar-refractivity contribution in [1.29, 1.82) is 0 Å². The lowest BCUT2D eigenvalue weighted by atomic mass is 10.2. The summed E-state index contributed by atoms with van der Waals surface area (Å²) in [6.07, 6.45) is 4.64. The molecule has 1 atom stereocenters. The summed E-state index contributed by atoms with van der Waals surface area (Å²) >= 11 is 1.55. The summed E-state index contributed by atoms with van der Waals surface area (Å²) in [5.74, 6) is 1.84. The van der Waals surface area contributed by atoms with Crippen molar-refractivity contribution >= 4 is 17.7 Å². The van der Waals surface area contributed by atoms with Gasteiger partial charge in [0.2, 0.25) is 5.91 Å². The van der Waals surface area contributed by atoms with Gasteiger partial charge in [0.1, 0.15) is 5.82 Å². The smallest absolute Gasteiger partial charge is 0.235 e. The first-order valence-corrected chi connectivity index (χ1v) is 10.0. The number of carbonyl (C=O) groups excluding carboxylic acids is 1. The van der Waals surface area contributed by atoms with E-state index in [1.165, 1.54) is 18.4 Å². The first-order chi connectivity index (χ1) is 12.2. The second-order valence-electron chi connectivity index (χ2n) is 6.98. The summed E-state index contributed by atoms with van der Waals surface area (Å²) in [7, 11) is 0. The van der Waals surface area contributed by atoms with Gasteiger partial charge in [-0.05, 0) is 38.2 Å². The Bertz CT molecular complexity index is 735. The van der Waals surface area contributed by atoms with Crippen molar-refractivity contribution in [2.24, 2.45) is 0 Å². The van der Waals surface area contributed by atoms with E-state index < -0.39 is 0 Å². The zero-order valence-electron chi connectivity index (χ0n) is 14.6. The minimum atomic E-state index is -0.121. The minimum absolute atomic E-state index is 0.121. The molecular weight excluding hydrogens is 332 g/mol. The Hall–Kier alpha value is -1.82. The highest BCUT2D eigenvalue weighted by atomic mass is 32.2. The summed E-state index contributed by atoms with van der Waals surface area (Å²) in [4.78, 5) is 14.6. The van der Waals surface area contributed by atoms with Crippen LogP contribution in [0, 0.1) is 0 Å². The number of amides is 1. The van der Waals surface area contributed by atoms with Crippen molar-refractivity contribution in [2.75, 3.05) is 13.1 Å². The van der Waals surface area contributed by atoms with Gasteiger partial charge >= 0.3 is 0 Å². The van der Waals surface area contributed by atoms with Crippen molar-refractivity contribution in [1.82, 2.24) is 19.7 Å². The fourth-order valence-corrected chi connectivity index (χ4v) is 4.29. The van der Waals surface area contributed by atoms with Crippen molar-refractivity contribution < 1.29 is 4.79 Å². The predicted molar refractivity (Wildman–Crippen MR) is 98.7 cm³/mol. The third kappa shape index (κ3) is 3.73. The van der Waals surface area contributed by atoms with Crippen LogP contribution < -0.4 is 0 Å². The van der Waals surface area contributed by atoms with E-state index in [1.54, 1.807) is 11.8 Å². The molecule has 1 unspecified atom stereocenters. The zero-order chi connectivity index (χ0) is 17.2. The second-order valence-corrected chi connectivity index (χ2v) is 8.29. The number of benzene rings is 1. The fourth-order valence-electron chi connectivity index (χ4n) is 3.35. The maximum Gasteiger partial charge on any atom is 0.235 e. The molecule has 1 aromatic carbocycles. The summed E-state index contributed by atoms with van der Waals surface area (Å²) in [6, 6.07) is 10.4. The standard InChI is InChI=1S/C19H24N4OS/c1-14(18(24)22-11-5-6-12-22)25-19-21-20-17(16-9-10-16)23(19)13-15-7-3-2-4-8-15/h2-4,7-8,14,16H,5-6,9-13H2,1H3. The lowest BCUT2D eigenvalue weighted by molar-refractivity contribution is -0.129. The molecule has 0 spiro atoms. The van der Waals surface area contributed by atoms with E-state index in [9.17, 15) is 4.79 Å². The molecule has 1 saturated carbocycles. The first kappa shape index (κ1) is 16.6. The van der Waals surface area contributed by atoms with Gasteiger partial charge in [-0.15, -0.1) is 10.2 Å². The minimum Gasteiger partial charge on any atom is -0.342 e. The highest BCUT2D eigenvalue weighted by Gasteiger charge is 2.32. The van der Waals surface area contributed by atoms with E-state index in [4.69, 9.17) is 0 Å². The van der Waals surface area contributed by atoms with Crippen LogP contribution in [0.15, 0.2) is 35.5 Å². The molecule has 2 aliphatic rings. The topological polar surface area (TPSA) is 51.0 Å². The molecule has 1 saturated heterocycles. The number of hydrogen-bond acceptors (Lipinski definition) is 4. The molecule has 132 valence electrons. The van der Waals surface area contributed by atoms with E-state index in [2.05, 4.69) is 39.0 Å². The van der Waals surface area contributed by atoms with Gasteiger partial charge < -0.3 is 9.47 Å². The molecular formula is C19H24N4OS. The van der Waals surface area contributed by atoms with Gasteiger partial charge in [-0.2, -0.15) is 0 Å². The molecule has 0 bridgehead atoms. The maximum absolute atomic E-state index is 12.6. The lowest BCUT2D eigenvalue weighted by Gasteiger charge is -2.20. The van der Waals surface area contributed by atoms with Crippen LogP contribution >= 0.6 is 11.8 Å². The maximum atomic E-state index is 12.6. The molecule has 25 heavy (non-hydrogen) atoms. The molecule has 1 aliphatic heterocycles. The summed E-state index contributed by atoms with van der Waals surface area (Å²) in [6.45, 7) is 4.55. The molecule has 2 aromatic rings. The van der Waals surface area contributed by atoms with Crippen molar-refractivity contribution in [2.45, 2.75) is 55.5 Å². The van der Waals surface area contributed by atoms with Crippen LogP contribution in [0.5, 0.6) is 0 Å². The van der Waals surface area contributed by atoms with Gasteiger partial charge in [-0.25, -0.2) is 0 Å². The quantitative estimate of drug-likeness (QED) is 0.745. The number of hydrogen-bond donors (Lipinski definition) is 0. The van der Waals surface area contributed by atoms with Gasteiger partial charge in [0.25, 0.3) is 0 Å². The number of nitrogens with zero attached hydrogens (tertiary/aromatic N) is 4. The normalized spacial score (nSPS) is 18.5. The van der Waals surface area contributed by atoms with Crippen LogP contribution in [0.3, 0.4) is 0 Å². The molecule has 2 heterocycles. The number of likely N-dealkylation sites (tertiary alicyclic amines) is 1. The van der Waals surface area contributed by atoms with Gasteiger partial charge in [0.15, 0.2) is 5.16 Å². The molecule has 0 radical (unpaired) electrons. The van der Waals surface area contributed by atoms with Gasteiger partial charge in [0.05, 0.1) is 11.8 Å². The third-order valence-electron chi connectivity index (χ3n) is 4.92. The summed E-state index contributed by atoms with van der Waals surface area (Å²) < 4.78 is 2.21. The van der Waals surface area contributed by atoms with Crippen LogP contribution in [-0.2, 0) is 11.3 Å². The van der Waals surface area contributed by atoms with Gasteiger partial charge in [-0.1, -0.05) is 42.1 Å². The molecule has 2 fully saturated rings. The van der Waals surface area contributed by atoms with E-state index in [-0.39, 0.29) is 11.2 Å². The van der Waals surface area contributed by atoms with Crippen LogP contribution in [0.1, 0.15) is 49.9 Å². The van der Waals surface area contributed by atoms with E-state index in [0.717, 1.165) is 43.5 Å². The Labute approximate surface area is 152 Å². The molecule has 4 rings (SSSR count). The summed E-state index contributed by atoms with van der Waals surface area (Å²) in [5, 5.41) is 9.62. The Balaban J connectivity index is 1.53. The number of aromatic nitrogens is 3. The highest BCUT2D eigenvalue weighted by molar-refractivity contribution is 8.00. The second kappa shape index (κ2) is 7.20. The Morgan fingerprint density at radius 1 is 1.20 bits per heavy atom. The zero-order valence-corrected chi connectivity index (χ0v) is 15.4. The fraction of sp³-hybridized carbons (Fsp3) is 0.526. The lowest BCUT2D eigenvalue weighted by Crippen LogP contribution is -2.34. The molecule has 5 nitrogen and oxygen atoms in total. The SMILES string of the molecule is CC(Sc1nnc(C2CC2)n1Cc1ccccc1)C(=O)N1CCCC1. The molecule has 1 aromatic heterocycles. The monoisotopic (exact) mass is 356 g/mol. The van der Waals surface area contributed by atoms with Gasteiger partial charge in [0, 0.05) is 19.0 Å².